The molecule has 2 fully saturated rings. The Morgan fingerprint density at radius 2 is 1.73 bits per heavy atom. The lowest BCUT2D eigenvalue weighted by atomic mass is 9.89. The molecule has 37 heavy (non-hydrogen) atoms. The van der Waals surface area contributed by atoms with Crippen LogP contribution in [0.25, 0.3) is 10.9 Å². The maximum Gasteiger partial charge on any atom is 0.251 e. The molecule has 0 saturated carbocycles. The first-order valence-electron chi connectivity index (χ1n) is 13.3. The molecule has 1 N–H and O–H groups in total. The summed E-state index contributed by atoms with van der Waals surface area (Å²) in [6.07, 6.45) is 2.68. The van der Waals surface area contributed by atoms with Crippen molar-refractivity contribution in [3.05, 3.63) is 82.1 Å². The lowest BCUT2D eigenvalue weighted by molar-refractivity contribution is -0.136. The molecule has 0 radical (unpaired) electrons. The number of aromatic nitrogens is 1. The highest BCUT2D eigenvalue weighted by molar-refractivity contribution is 8.01. The summed E-state index contributed by atoms with van der Waals surface area (Å²) in [4.78, 5) is 46.2. The minimum atomic E-state index is -0.356. The van der Waals surface area contributed by atoms with E-state index in [1.165, 1.54) is 0 Å². The number of nitrogens with one attached hydrogen (secondary N) is 1. The Labute approximate surface area is 222 Å². The van der Waals surface area contributed by atoms with Crippen LogP contribution in [0.1, 0.15) is 61.9 Å². The SMILES string of the molecule is CC(C)CCN1C(=O)C(CC(=O)N2CCC(c3cc4ccccc4[nH]c3=O)CC2)SC1c1ccccc1. The van der Waals surface area contributed by atoms with Crippen molar-refractivity contribution in [2.24, 2.45) is 5.92 Å². The molecule has 2 aromatic carbocycles. The first-order chi connectivity index (χ1) is 17.9. The summed E-state index contributed by atoms with van der Waals surface area (Å²) >= 11 is 1.61. The molecule has 0 aliphatic carbocycles. The quantitative estimate of drug-likeness (QED) is 0.461. The van der Waals surface area contributed by atoms with Crippen LogP contribution in [0.5, 0.6) is 0 Å². The lowest BCUT2D eigenvalue weighted by Crippen LogP contribution is -2.41. The number of benzene rings is 2. The van der Waals surface area contributed by atoms with Gasteiger partial charge in [0.05, 0.1) is 5.25 Å². The van der Waals surface area contributed by atoms with Crippen LogP contribution in [-0.2, 0) is 9.59 Å². The van der Waals surface area contributed by atoms with Crippen LogP contribution in [0.2, 0.25) is 0 Å². The summed E-state index contributed by atoms with van der Waals surface area (Å²) < 4.78 is 0. The van der Waals surface area contributed by atoms with Gasteiger partial charge in [-0.2, -0.15) is 0 Å². The maximum absolute atomic E-state index is 13.4. The number of fused-ring (bicyclic) bond motifs is 1. The van der Waals surface area contributed by atoms with E-state index in [1.54, 1.807) is 11.8 Å². The minimum absolute atomic E-state index is 0.0363. The van der Waals surface area contributed by atoms with E-state index in [0.29, 0.717) is 25.6 Å². The summed E-state index contributed by atoms with van der Waals surface area (Å²) in [7, 11) is 0. The number of hydrogen-bond donors (Lipinski definition) is 1. The number of H-pyrrole nitrogens is 1. The number of aromatic amines is 1. The van der Waals surface area contributed by atoms with Crippen LogP contribution < -0.4 is 5.56 Å². The Kier molecular flexibility index (Phi) is 7.70. The van der Waals surface area contributed by atoms with Gasteiger partial charge in [-0.3, -0.25) is 14.4 Å². The molecule has 2 aliphatic rings. The molecule has 7 heteroatoms. The normalized spacial score (nSPS) is 20.8. The van der Waals surface area contributed by atoms with Gasteiger partial charge in [0, 0.05) is 37.1 Å². The monoisotopic (exact) mass is 517 g/mol. The fourth-order valence-corrected chi connectivity index (χ4v) is 6.89. The van der Waals surface area contributed by atoms with E-state index in [2.05, 4.69) is 31.0 Å². The molecule has 0 bridgehead atoms. The second-order valence-corrected chi connectivity index (χ2v) is 11.9. The predicted molar refractivity (Wildman–Crippen MR) is 149 cm³/mol. The van der Waals surface area contributed by atoms with Crippen LogP contribution in [0.3, 0.4) is 0 Å². The Morgan fingerprint density at radius 1 is 1.03 bits per heavy atom. The van der Waals surface area contributed by atoms with Crippen molar-refractivity contribution >= 4 is 34.5 Å². The van der Waals surface area contributed by atoms with Crippen molar-refractivity contribution in [1.82, 2.24) is 14.8 Å². The van der Waals surface area contributed by atoms with Crippen LogP contribution in [0.4, 0.5) is 0 Å². The Morgan fingerprint density at radius 3 is 2.46 bits per heavy atom. The third-order valence-electron chi connectivity index (χ3n) is 7.60. The van der Waals surface area contributed by atoms with Crippen molar-refractivity contribution in [1.29, 1.82) is 0 Å². The van der Waals surface area contributed by atoms with E-state index in [1.807, 2.05) is 58.3 Å². The zero-order valence-corrected chi connectivity index (χ0v) is 22.4. The third kappa shape index (κ3) is 5.61. The number of para-hydroxylation sites is 1. The van der Waals surface area contributed by atoms with Gasteiger partial charge in [0.1, 0.15) is 5.37 Å². The first-order valence-corrected chi connectivity index (χ1v) is 14.3. The highest BCUT2D eigenvalue weighted by Crippen LogP contribution is 2.44. The molecule has 3 heterocycles. The molecular weight excluding hydrogens is 482 g/mol. The zero-order valence-electron chi connectivity index (χ0n) is 21.6. The molecule has 2 aliphatic heterocycles. The lowest BCUT2D eigenvalue weighted by Gasteiger charge is -2.32. The average molecular weight is 518 g/mol. The third-order valence-corrected chi connectivity index (χ3v) is 9.08. The Hall–Kier alpha value is -3.06. The van der Waals surface area contributed by atoms with Gasteiger partial charge in [0.2, 0.25) is 11.8 Å². The standard InChI is InChI=1S/C30H35N3O3S/c1-20(2)12-17-33-29(36)26(37-30(33)22-8-4-3-5-9-22)19-27(34)32-15-13-21(14-16-32)24-18-23-10-6-7-11-25(23)31-28(24)35/h3-11,18,20-21,26,30H,12-17,19H2,1-2H3,(H,31,35). The largest absolute Gasteiger partial charge is 0.343 e. The number of piperidine rings is 1. The second-order valence-electron chi connectivity index (χ2n) is 10.6. The highest BCUT2D eigenvalue weighted by Gasteiger charge is 2.42. The average Bonchev–Trinajstić information content (AvgIpc) is 3.22. The van der Waals surface area contributed by atoms with Crippen LogP contribution >= 0.6 is 11.8 Å². The molecule has 3 aromatic rings. The fraction of sp³-hybridized carbons (Fsp3) is 0.433. The van der Waals surface area contributed by atoms with Gasteiger partial charge >= 0.3 is 0 Å². The number of pyridine rings is 1. The number of hydrogen-bond acceptors (Lipinski definition) is 4. The molecule has 2 saturated heterocycles. The summed E-state index contributed by atoms with van der Waals surface area (Å²) in [6.45, 7) is 6.27. The number of nitrogens with zero attached hydrogens (tertiary/aromatic N) is 2. The molecule has 2 atom stereocenters. The van der Waals surface area contributed by atoms with Crippen LogP contribution in [0.15, 0.2) is 65.5 Å². The Balaban J connectivity index is 1.23. The highest BCUT2D eigenvalue weighted by atomic mass is 32.2. The molecule has 5 rings (SSSR count). The van der Waals surface area contributed by atoms with Crippen molar-refractivity contribution in [2.75, 3.05) is 19.6 Å². The zero-order chi connectivity index (χ0) is 25.9. The molecule has 194 valence electrons. The van der Waals surface area contributed by atoms with E-state index in [-0.39, 0.29) is 40.3 Å². The Bertz CT molecular complexity index is 1310. The van der Waals surface area contributed by atoms with Gasteiger partial charge in [-0.25, -0.2) is 0 Å². The van der Waals surface area contributed by atoms with E-state index >= 15 is 0 Å². The fourth-order valence-electron chi connectivity index (χ4n) is 5.42. The van der Waals surface area contributed by atoms with Crippen molar-refractivity contribution < 1.29 is 9.59 Å². The second kappa shape index (κ2) is 11.1. The number of amides is 2. The van der Waals surface area contributed by atoms with Crippen molar-refractivity contribution in [3.8, 4) is 0 Å². The number of thioether (sulfide) groups is 1. The van der Waals surface area contributed by atoms with Gasteiger partial charge in [-0.15, -0.1) is 11.8 Å². The topological polar surface area (TPSA) is 73.5 Å². The summed E-state index contributed by atoms with van der Waals surface area (Å²) in [5, 5.41) is 0.629. The van der Waals surface area contributed by atoms with Crippen molar-refractivity contribution in [3.63, 3.8) is 0 Å². The van der Waals surface area contributed by atoms with Gasteiger partial charge < -0.3 is 14.8 Å². The molecule has 1 aromatic heterocycles. The predicted octanol–water partition coefficient (Wildman–Crippen LogP) is 5.31. The number of rotatable bonds is 7. The van der Waals surface area contributed by atoms with Gasteiger partial charge in [-0.1, -0.05) is 62.4 Å². The molecule has 2 amide bonds. The molecule has 6 nitrogen and oxygen atoms in total. The summed E-state index contributed by atoms with van der Waals surface area (Å²) in [6, 6.07) is 19.9. The van der Waals surface area contributed by atoms with Gasteiger partial charge in [0.25, 0.3) is 5.56 Å². The van der Waals surface area contributed by atoms with Gasteiger partial charge in [-0.05, 0) is 54.2 Å². The molecule has 0 spiro atoms. The van der Waals surface area contributed by atoms with E-state index < -0.39 is 0 Å². The summed E-state index contributed by atoms with van der Waals surface area (Å²) in [5.74, 6) is 0.750. The molecular formula is C30H35N3O3S. The van der Waals surface area contributed by atoms with Gasteiger partial charge in [0.15, 0.2) is 0 Å². The minimum Gasteiger partial charge on any atom is -0.343 e. The number of carbonyl (C=O) groups excluding carboxylic acids is 2. The van der Waals surface area contributed by atoms with Crippen LogP contribution in [0, 0.1) is 5.92 Å². The number of carbonyl (C=O) groups is 2. The smallest absolute Gasteiger partial charge is 0.251 e. The number of likely N-dealkylation sites (tertiary alicyclic amines) is 1. The molecule has 2 unspecified atom stereocenters. The first kappa shape index (κ1) is 25.6. The van der Waals surface area contributed by atoms with E-state index in [9.17, 15) is 14.4 Å². The van der Waals surface area contributed by atoms with E-state index in [0.717, 1.165) is 41.3 Å². The van der Waals surface area contributed by atoms with Crippen molar-refractivity contribution in [2.45, 2.75) is 56.1 Å². The van der Waals surface area contributed by atoms with Crippen LogP contribution in [-0.4, -0.2) is 51.5 Å². The maximum atomic E-state index is 13.4. The van der Waals surface area contributed by atoms with E-state index in [4.69, 9.17) is 0 Å². The summed E-state index contributed by atoms with van der Waals surface area (Å²) in [5.41, 5.74) is 2.73.